The van der Waals surface area contributed by atoms with E-state index < -0.39 is 0 Å². The zero-order valence-electron chi connectivity index (χ0n) is 11.7. The van der Waals surface area contributed by atoms with Crippen LogP contribution in [-0.4, -0.2) is 12.5 Å². The lowest BCUT2D eigenvalue weighted by molar-refractivity contribution is -0.118. The number of carbonyl (C=O) groups is 1. The maximum absolute atomic E-state index is 11.9. The van der Waals surface area contributed by atoms with Crippen molar-refractivity contribution in [1.29, 1.82) is 0 Å². The normalized spacial score (nSPS) is 10.3. The molecule has 0 aliphatic heterocycles. The van der Waals surface area contributed by atoms with Gasteiger partial charge in [-0.15, -0.1) is 0 Å². The minimum atomic E-state index is -0.256. The smallest absolute Gasteiger partial charge is 0.262 e. The molecule has 5 heteroatoms. The topological polar surface area (TPSA) is 38.3 Å². The van der Waals surface area contributed by atoms with Gasteiger partial charge >= 0.3 is 0 Å². The molecule has 2 rings (SSSR count). The first kappa shape index (κ1) is 15.9. The number of hydrogen-bond acceptors (Lipinski definition) is 2. The summed E-state index contributed by atoms with van der Waals surface area (Å²) in [6.45, 7) is 3.85. The first-order valence-corrected chi connectivity index (χ1v) is 7.58. The van der Waals surface area contributed by atoms with E-state index in [1.807, 2.05) is 38.1 Å². The van der Waals surface area contributed by atoms with Crippen LogP contribution >= 0.6 is 27.5 Å². The van der Waals surface area contributed by atoms with E-state index in [1.165, 1.54) is 0 Å². The second kappa shape index (κ2) is 6.96. The summed E-state index contributed by atoms with van der Waals surface area (Å²) >= 11 is 9.48. The van der Waals surface area contributed by atoms with Gasteiger partial charge < -0.3 is 10.1 Å². The van der Waals surface area contributed by atoms with E-state index >= 15 is 0 Å². The highest BCUT2D eigenvalue weighted by Crippen LogP contribution is 2.26. The van der Waals surface area contributed by atoms with Gasteiger partial charge in [0.2, 0.25) is 0 Å². The number of halogens is 2. The average molecular weight is 369 g/mol. The molecular weight excluding hydrogens is 354 g/mol. The van der Waals surface area contributed by atoms with E-state index in [0.29, 0.717) is 16.5 Å². The monoisotopic (exact) mass is 367 g/mol. The molecule has 0 saturated carbocycles. The highest BCUT2D eigenvalue weighted by atomic mass is 79.9. The summed E-state index contributed by atoms with van der Waals surface area (Å²) in [7, 11) is 0. The molecular formula is C16H15BrClNO2. The van der Waals surface area contributed by atoms with Crippen molar-refractivity contribution in [2.75, 3.05) is 11.9 Å². The van der Waals surface area contributed by atoms with Crippen LogP contribution in [0, 0.1) is 13.8 Å². The van der Waals surface area contributed by atoms with E-state index in [4.69, 9.17) is 16.3 Å². The number of aryl methyl sites for hydroxylation is 2. The van der Waals surface area contributed by atoms with E-state index in [9.17, 15) is 4.79 Å². The number of hydrogen-bond donors (Lipinski definition) is 1. The Morgan fingerprint density at radius 1 is 1.19 bits per heavy atom. The molecule has 0 atom stereocenters. The van der Waals surface area contributed by atoms with Crippen molar-refractivity contribution < 1.29 is 9.53 Å². The molecule has 2 aromatic carbocycles. The van der Waals surface area contributed by atoms with Crippen LogP contribution in [0.1, 0.15) is 11.1 Å². The van der Waals surface area contributed by atoms with Crippen molar-refractivity contribution >= 4 is 39.1 Å². The highest BCUT2D eigenvalue weighted by molar-refractivity contribution is 9.10. The Hall–Kier alpha value is -1.52. The SMILES string of the molecule is Cc1ccc(NC(=O)COc2ccc(C)cc2Br)c(Cl)c1. The van der Waals surface area contributed by atoms with Crippen LogP contribution in [0.2, 0.25) is 5.02 Å². The molecule has 110 valence electrons. The fourth-order valence-corrected chi connectivity index (χ4v) is 2.66. The van der Waals surface area contributed by atoms with E-state index in [0.717, 1.165) is 15.6 Å². The molecule has 21 heavy (non-hydrogen) atoms. The van der Waals surface area contributed by atoms with Gasteiger partial charge in [0, 0.05) is 0 Å². The fourth-order valence-electron chi connectivity index (χ4n) is 1.77. The maximum atomic E-state index is 11.9. The molecule has 0 fully saturated rings. The zero-order chi connectivity index (χ0) is 15.4. The summed E-state index contributed by atoms with van der Waals surface area (Å²) in [5.74, 6) is 0.374. The maximum Gasteiger partial charge on any atom is 0.262 e. The second-order valence-corrected chi connectivity index (χ2v) is 6.02. The summed E-state index contributed by atoms with van der Waals surface area (Å²) in [4.78, 5) is 11.9. The Morgan fingerprint density at radius 3 is 2.52 bits per heavy atom. The van der Waals surface area contributed by atoms with E-state index in [2.05, 4.69) is 21.2 Å². The van der Waals surface area contributed by atoms with Crippen molar-refractivity contribution in [3.05, 3.63) is 57.0 Å². The van der Waals surface area contributed by atoms with Gasteiger partial charge in [-0.1, -0.05) is 23.7 Å². The predicted molar refractivity (Wildman–Crippen MR) is 89.2 cm³/mol. The van der Waals surface area contributed by atoms with Crippen LogP contribution in [0.5, 0.6) is 5.75 Å². The molecule has 0 aromatic heterocycles. The highest BCUT2D eigenvalue weighted by Gasteiger charge is 2.08. The Labute approximate surface area is 137 Å². The summed E-state index contributed by atoms with van der Waals surface area (Å²) in [5.41, 5.74) is 2.74. The van der Waals surface area contributed by atoms with Gasteiger partial charge in [0.15, 0.2) is 6.61 Å². The third kappa shape index (κ3) is 4.48. The third-order valence-corrected chi connectivity index (χ3v) is 3.78. The van der Waals surface area contributed by atoms with Crippen LogP contribution in [0.3, 0.4) is 0 Å². The van der Waals surface area contributed by atoms with Gasteiger partial charge in [0.25, 0.3) is 5.91 Å². The van der Waals surface area contributed by atoms with Crippen molar-refractivity contribution in [3.63, 3.8) is 0 Å². The van der Waals surface area contributed by atoms with Crippen LogP contribution in [-0.2, 0) is 4.79 Å². The number of anilines is 1. The van der Waals surface area contributed by atoms with Crippen molar-refractivity contribution in [3.8, 4) is 5.75 Å². The Kier molecular flexibility index (Phi) is 5.26. The molecule has 2 aromatic rings. The minimum absolute atomic E-state index is 0.0775. The lowest BCUT2D eigenvalue weighted by atomic mass is 10.2. The first-order chi connectivity index (χ1) is 9.95. The van der Waals surface area contributed by atoms with Crippen molar-refractivity contribution in [2.45, 2.75) is 13.8 Å². The molecule has 0 saturated heterocycles. The lowest BCUT2D eigenvalue weighted by Crippen LogP contribution is -2.20. The molecule has 0 spiro atoms. The summed E-state index contributed by atoms with van der Waals surface area (Å²) in [6, 6.07) is 11.1. The van der Waals surface area contributed by atoms with Gasteiger partial charge in [-0.25, -0.2) is 0 Å². The van der Waals surface area contributed by atoms with Gasteiger partial charge in [-0.2, -0.15) is 0 Å². The number of rotatable bonds is 4. The molecule has 0 aliphatic rings. The number of amides is 1. The number of ether oxygens (including phenoxy) is 1. The lowest BCUT2D eigenvalue weighted by Gasteiger charge is -2.10. The molecule has 1 N–H and O–H groups in total. The fraction of sp³-hybridized carbons (Fsp3) is 0.188. The standard InChI is InChI=1S/C16H15BrClNO2/c1-10-4-6-15(12(17)7-10)21-9-16(20)19-14-5-3-11(2)8-13(14)18/h3-8H,9H2,1-2H3,(H,19,20). The van der Waals surface area contributed by atoms with Crippen LogP contribution in [0.15, 0.2) is 40.9 Å². The van der Waals surface area contributed by atoms with Gasteiger partial charge in [-0.3, -0.25) is 4.79 Å². The van der Waals surface area contributed by atoms with Crippen LogP contribution in [0.25, 0.3) is 0 Å². The quantitative estimate of drug-likeness (QED) is 0.846. The molecule has 0 aliphatic carbocycles. The minimum Gasteiger partial charge on any atom is -0.483 e. The Bertz CT molecular complexity index is 673. The molecule has 3 nitrogen and oxygen atoms in total. The van der Waals surface area contributed by atoms with Gasteiger partial charge in [0.1, 0.15) is 5.75 Å². The molecule has 0 radical (unpaired) electrons. The first-order valence-electron chi connectivity index (χ1n) is 6.40. The predicted octanol–water partition coefficient (Wildman–Crippen LogP) is 4.74. The van der Waals surface area contributed by atoms with Crippen molar-refractivity contribution in [1.82, 2.24) is 0 Å². The largest absolute Gasteiger partial charge is 0.483 e. The number of benzene rings is 2. The van der Waals surface area contributed by atoms with Crippen molar-refractivity contribution in [2.24, 2.45) is 0 Å². The summed E-state index contributed by atoms with van der Waals surface area (Å²) in [6.07, 6.45) is 0. The second-order valence-electron chi connectivity index (χ2n) is 4.75. The number of carbonyl (C=O) groups excluding carboxylic acids is 1. The van der Waals surface area contributed by atoms with E-state index in [-0.39, 0.29) is 12.5 Å². The Balaban J connectivity index is 1.96. The molecule has 0 heterocycles. The van der Waals surface area contributed by atoms with E-state index in [1.54, 1.807) is 12.1 Å². The van der Waals surface area contributed by atoms with Crippen LogP contribution in [0.4, 0.5) is 5.69 Å². The Morgan fingerprint density at radius 2 is 1.86 bits per heavy atom. The summed E-state index contributed by atoms with van der Waals surface area (Å²) in [5, 5.41) is 3.24. The van der Waals surface area contributed by atoms with Crippen LogP contribution < -0.4 is 10.1 Å². The van der Waals surface area contributed by atoms with Gasteiger partial charge in [-0.05, 0) is 65.2 Å². The average Bonchev–Trinajstić information content (AvgIpc) is 2.41. The third-order valence-electron chi connectivity index (χ3n) is 2.84. The van der Waals surface area contributed by atoms with Gasteiger partial charge in [0.05, 0.1) is 15.2 Å². The molecule has 1 amide bonds. The molecule has 0 unspecified atom stereocenters. The zero-order valence-corrected chi connectivity index (χ0v) is 14.1. The number of nitrogens with one attached hydrogen (secondary N) is 1. The summed E-state index contributed by atoms with van der Waals surface area (Å²) < 4.78 is 6.31. The molecule has 0 bridgehead atoms.